The van der Waals surface area contributed by atoms with E-state index in [0.29, 0.717) is 15.6 Å². The van der Waals surface area contributed by atoms with Crippen molar-refractivity contribution in [3.8, 4) is 0 Å². The fraction of sp³-hybridized carbons (Fsp3) is 0.462. The molecule has 1 aliphatic heterocycles. The number of nitrogens with one attached hydrogen (secondary N) is 1. The molecule has 0 aromatic heterocycles. The number of Topliss-reactive ketones (excluding diaryl/α,β-unsaturated/α-hetero) is 1. The van der Waals surface area contributed by atoms with Crippen LogP contribution >= 0.6 is 23.2 Å². The zero-order valence-corrected chi connectivity index (χ0v) is 11.2. The summed E-state index contributed by atoms with van der Waals surface area (Å²) in [6, 6.07) is 5.22. The molecule has 0 atom stereocenters. The first-order valence-electron chi connectivity index (χ1n) is 5.74. The van der Waals surface area contributed by atoms with Gasteiger partial charge < -0.3 is 5.32 Å². The fourth-order valence-corrected chi connectivity index (χ4v) is 2.60. The molecule has 17 heavy (non-hydrogen) atoms. The van der Waals surface area contributed by atoms with Crippen molar-refractivity contribution < 1.29 is 4.79 Å². The molecule has 1 aromatic rings. The number of halogens is 2. The fourth-order valence-electron chi connectivity index (χ4n) is 2.21. The highest BCUT2D eigenvalue weighted by Gasteiger charge is 2.36. The summed E-state index contributed by atoms with van der Waals surface area (Å²) in [7, 11) is 0. The minimum absolute atomic E-state index is 0.103. The Kier molecular flexibility index (Phi) is 3.76. The third-order valence-electron chi connectivity index (χ3n) is 3.45. The summed E-state index contributed by atoms with van der Waals surface area (Å²) in [5.41, 5.74) is 0.225. The molecule has 0 saturated carbocycles. The van der Waals surface area contributed by atoms with Gasteiger partial charge in [-0.2, -0.15) is 0 Å². The van der Waals surface area contributed by atoms with Gasteiger partial charge in [0.1, 0.15) is 0 Å². The highest BCUT2D eigenvalue weighted by atomic mass is 35.5. The van der Waals surface area contributed by atoms with Crippen molar-refractivity contribution in [2.45, 2.75) is 19.8 Å². The van der Waals surface area contributed by atoms with Crippen molar-refractivity contribution in [2.24, 2.45) is 5.41 Å². The summed E-state index contributed by atoms with van der Waals surface area (Å²) in [5, 5.41) is 4.07. The Labute approximate surface area is 111 Å². The first kappa shape index (κ1) is 12.9. The van der Waals surface area contributed by atoms with Crippen molar-refractivity contribution in [1.82, 2.24) is 5.32 Å². The quantitative estimate of drug-likeness (QED) is 0.834. The Morgan fingerprint density at radius 1 is 1.29 bits per heavy atom. The van der Waals surface area contributed by atoms with Gasteiger partial charge in [0, 0.05) is 11.0 Å². The highest BCUT2D eigenvalue weighted by molar-refractivity contribution is 6.44. The van der Waals surface area contributed by atoms with Gasteiger partial charge in [-0.3, -0.25) is 4.79 Å². The molecule has 0 spiro atoms. The molecule has 0 unspecified atom stereocenters. The van der Waals surface area contributed by atoms with E-state index in [9.17, 15) is 4.79 Å². The van der Waals surface area contributed by atoms with E-state index in [1.54, 1.807) is 18.2 Å². The number of benzene rings is 1. The largest absolute Gasteiger partial charge is 0.317 e. The first-order valence-corrected chi connectivity index (χ1v) is 6.50. The van der Waals surface area contributed by atoms with Crippen LogP contribution in [0.5, 0.6) is 0 Å². The highest BCUT2D eigenvalue weighted by Crippen LogP contribution is 2.36. The van der Waals surface area contributed by atoms with E-state index in [1.165, 1.54) is 0 Å². The number of piperidine rings is 1. The van der Waals surface area contributed by atoms with Crippen LogP contribution < -0.4 is 5.32 Å². The molecule has 0 radical (unpaired) electrons. The topological polar surface area (TPSA) is 29.1 Å². The predicted molar refractivity (Wildman–Crippen MR) is 71.0 cm³/mol. The van der Waals surface area contributed by atoms with E-state index >= 15 is 0 Å². The summed E-state index contributed by atoms with van der Waals surface area (Å²) < 4.78 is 0. The van der Waals surface area contributed by atoms with Gasteiger partial charge in [0.05, 0.1) is 10.0 Å². The summed E-state index contributed by atoms with van der Waals surface area (Å²) in [4.78, 5) is 12.5. The molecule has 92 valence electrons. The molecule has 1 aromatic carbocycles. The lowest BCUT2D eigenvalue weighted by molar-refractivity contribution is 0.0762. The zero-order valence-electron chi connectivity index (χ0n) is 9.72. The smallest absolute Gasteiger partial charge is 0.170 e. The average molecular weight is 272 g/mol. The first-order chi connectivity index (χ1) is 8.04. The number of carbonyl (C=O) groups excluding carboxylic acids is 1. The van der Waals surface area contributed by atoms with Crippen molar-refractivity contribution in [2.75, 3.05) is 13.1 Å². The lowest BCUT2D eigenvalue weighted by Gasteiger charge is -2.32. The van der Waals surface area contributed by atoms with Crippen molar-refractivity contribution in [3.05, 3.63) is 33.8 Å². The van der Waals surface area contributed by atoms with Crippen LogP contribution in [0.1, 0.15) is 30.1 Å². The maximum atomic E-state index is 12.5. The molecule has 0 aliphatic carbocycles. The average Bonchev–Trinajstić information content (AvgIpc) is 2.33. The maximum Gasteiger partial charge on any atom is 0.170 e. The molecular weight excluding hydrogens is 257 g/mol. The van der Waals surface area contributed by atoms with E-state index in [-0.39, 0.29) is 11.2 Å². The summed E-state index contributed by atoms with van der Waals surface area (Å²) in [6.07, 6.45) is 1.68. The molecule has 4 heteroatoms. The van der Waals surface area contributed by atoms with Gasteiger partial charge in [-0.05, 0) is 38.1 Å². The lowest BCUT2D eigenvalue weighted by Crippen LogP contribution is -2.40. The van der Waals surface area contributed by atoms with Gasteiger partial charge >= 0.3 is 0 Å². The van der Waals surface area contributed by atoms with E-state index in [1.807, 2.05) is 6.92 Å². The molecule has 1 N–H and O–H groups in total. The summed E-state index contributed by atoms with van der Waals surface area (Å²) in [6.45, 7) is 3.76. The van der Waals surface area contributed by atoms with Crippen LogP contribution in [-0.4, -0.2) is 18.9 Å². The number of ketones is 1. The Morgan fingerprint density at radius 3 is 2.59 bits per heavy atom. The third-order valence-corrected chi connectivity index (χ3v) is 4.27. The Morgan fingerprint density at radius 2 is 1.94 bits per heavy atom. The second kappa shape index (κ2) is 4.97. The van der Waals surface area contributed by atoms with Crippen LogP contribution in [0.4, 0.5) is 0 Å². The van der Waals surface area contributed by atoms with Crippen LogP contribution in [0.3, 0.4) is 0 Å². The SMILES string of the molecule is CC1(C(=O)c2cccc(Cl)c2Cl)CCNCC1. The molecular formula is C13H15Cl2NO. The summed E-state index contributed by atoms with van der Waals surface area (Å²) in [5.74, 6) is 0.103. The Hall–Kier alpha value is -0.570. The normalized spacial score (nSPS) is 19.0. The van der Waals surface area contributed by atoms with Gasteiger partial charge in [0.25, 0.3) is 0 Å². The predicted octanol–water partition coefficient (Wildman–Crippen LogP) is 3.57. The second-order valence-electron chi connectivity index (χ2n) is 4.74. The molecule has 0 bridgehead atoms. The molecule has 1 aliphatic rings. The number of hydrogen-bond donors (Lipinski definition) is 1. The van der Waals surface area contributed by atoms with Gasteiger partial charge in [-0.1, -0.05) is 36.2 Å². The molecule has 0 amide bonds. The maximum absolute atomic E-state index is 12.5. The number of carbonyl (C=O) groups is 1. The summed E-state index contributed by atoms with van der Waals surface area (Å²) >= 11 is 12.0. The molecule has 1 fully saturated rings. The Bertz CT molecular complexity index is 439. The van der Waals surface area contributed by atoms with Gasteiger partial charge in [0.15, 0.2) is 5.78 Å². The van der Waals surface area contributed by atoms with E-state index in [4.69, 9.17) is 23.2 Å². The van der Waals surface area contributed by atoms with Crippen LogP contribution in [0.2, 0.25) is 10.0 Å². The van der Waals surface area contributed by atoms with Gasteiger partial charge in [-0.25, -0.2) is 0 Å². The molecule has 1 saturated heterocycles. The molecule has 1 heterocycles. The number of hydrogen-bond acceptors (Lipinski definition) is 2. The second-order valence-corrected chi connectivity index (χ2v) is 5.53. The van der Waals surface area contributed by atoms with Gasteiger partial charge in [0.2, 0.25) is 0 Å². The van der Waals surface area contributed by atoms with E-state index < -0.39 is 0 Å². The monoisotopic (exact) mass is 271 g/mol. The lowest BCUT2D eigenvalue weighted by atomic mass is 9.75. The van der Waals surface area contributed by atoms with Crippen LogP contribution in [0.15, 0.2) is 18.2 Å². The third kappa shape index (κ3) is 2.49. The minimum atomic E-state index is -0.320. The zero-order chi connectivity index (χ0) is 12.5. The number of rotatable bonds is 2. The molecule has 2 rings (SSSR count). The van der Waals surface area contributed by atoms with E-state index in [0.717, 1.165) is 25.9 Å². The Balaban J connectivity index is 2.33. The van der Waals surface area contributed by atoms with Crippen molar-refractivity contribution >= 4 is 29.0 Å². The molecule has 2 nitrogen and oxygen atoms in total. The standard InChI is InChI=1S/C13H15Cl2NO/c1-13(5-7-16-8-6-13)12(17)9-3-2-4-10(14)11(9)15/h2-4,16H,5-8H2,1H3. The van der Waals surface area contributed by atoms with Crippen molar-refractivity contribution in [1.29, 1.82) is 0 Å². The van der Waals surface area contributed by atoms with Crippen LogP contribution in [0.25, 0.3) is 0 Å². The van der Waals surface area contributed by atoms with Gasteiger partial charge in [-0.15, -0.1) is 0 Å². The van der Waals surface area contributed by atoms with E-state index in [2.05, 4.69) is 5.32 Å². The van der Waals surface area contributed by atoms with Crippen LogP contribution in [0, 0.1) is 5.41 Å². The van der Waals surface area contributed by atoms with Crippen LogP contribution in [-0.2, 0) is 0 Å². The minimum Gasteiger partial charge on any atom is -0.317 e. The van der Waals surface area contributed by atoms with Crippen molar-refractivity contribution in [3.63, 3.8) is 0 Å².